The highest BCUT2D eigenvalue weighted by molar-refractivity contribution is 6.31. The molecule has 4 rings (SSSR count). The molecular weight excluding hydrogens is 476 g/mol. The summed E-state index contributed by atoms with van der Waals surface area (Å²) in [5.41, 5.74) is 6.35. The Morgan fingerprint density at radius 1 is 1.22 bits per heavy atom. The molecule has 36 heavy (non-hydrogen) atoms. The lowest BCUT2D eigenvalue weighted by atomic mass is 10.0. The summed E-state index contributed by atoms with van der Waals surface area (Å²) >= 11 is 6.38. The lowest BCUT2D eigenvalue weighted by molar-refractivity contribution is 0.0170. The summed E-state index contributed by atoms with van der Waals surface area (Å²) in [5, 5.41) is 4.76. The summed E-state index contributed by atoms with van der Waals surface area (Å²) in [4.78, 5) is 7.62. The molecule has 1 saturated heterocycles. The van der Waals surface area contributed by atoms with Crippen molar-refractivity contribution in [2.24, 2.45) is 0 Å². The van der Waals surface area contributed by atoms with Crippen LogP contribution >= 0.6 is 11.6 Å². The number of imidazole rings is 1. The minimum absolute atomic E-state index is 0.380. The summed E-state index contributed by atoms with van der Waals surface area (Å²) < 4.78 is 18.6. The van der Waals surface area contributed by atoms with Gasteiger partial charge < -0.3 is 18.6 Å². The molecule has 1 atom stereocenters. The standard InChI is InChI=1S/C28H37ClN4O3/c1-18(15-24(29)21(4)34-6)7-10-27-30-25-16-23(28-20(3)31-36-22(28)5)8-9-26(25)33(27)17-19(2)32-11-13-35-14-12-32/h8-9,15-16,19H,7,10-14,17H2,1-6H3/b18-15+,24-21-/t19-/m0/s1. The Hall–Kier alpha value is -2.61. The van der Waals surface area contributed by atoms with Crippen LogP contribution in [-0.4, -0.2) is 59.1 Å². The molecule has 0 spiro atoms. The highest BCUT2D eigenvalue weighted by atomic mass is 35.5. The van der Waals surface area contributed by atoms with Crippen molar-refractivity contribution in [1.29, 1.82) is 0 Å². The number of fused-ring (bicyclic) bond motifs is 1. The number of morpholine rings is 1. The van der Waals surface area contributed by atoms with Gasteiger partial charge in [0, 0.05) is 37.7 Å². The second kappa shape index (κ2) is 11.6. The average molecular weight is 513 g/mol. The topological polar surface area (TPSA) is 65.6 Å². The molecule has 8 heteroatoms. The summed E-state index contributed by atoms with van der Waals surface area (Å²) in [6.07, 6.45) is 3.67. The Morgan fingerprint density at radius 2 is 1.97 bits per heavy atom. The first-order valence-corrected chi connectivity index (χ1v) is 13.0. The van der Waals surface area contributed by atoms with Crippen LogP contribution in [0.5, 0.6) is 0 Å². The normalized spacial score (nSPS) is 16.9. The van der Waals surface area contributed by atoms with Crippen LogP contribution in [0.25, 0.3) is 22.2 Å². The third kappa shape index (κ3) is 5.85. The van der Waals surface area contributed by atoms with E-state index in [0.29, 0.717) is 11.1 Å². The Morgan fingerprint density at radius 3 is 2.64 bits per heavy atom. The molecule has 0 unspecified atom stereocenters. The molecule has 7 nitrogen and oxygen atoms in total. The fraction of sp³-hybridized carbons (Fsp3) is 0.500. The van der Waals surface area contributed by atoms with Gasteiger partial charge in [-0.2, -0.15) is 0 Å². The van der Waals surface area contributed by atoms with E-state index in [1.807, 2.05) is 26.8 Å². The number of nitrogens with zero attached hydrogens (tertiary/aromatic N) is 4. The third-order valence-corrected chi connectivity index (χ3v) is 7.40. The molecule has 1 aliphatic heterocycles. The predicted octanol–water partition coefficient (Wildman–Crippen LogP) is 6.02. The molecule has 194 valence electrons. The van der Waals surface area contributed by atoms with Crippen LogP contribution < -0.4 is 0 Å². The molecule has 1 aliphatic rings. The van der Waals surface area contributed by atoms with Gasteiger partial charge in [0.1, 0.15) is 17.3 Å². The van der Waals surface area contributed by atoms with Gasteiger partial charge in [0.05, 0.1) is 42.1 Å². The molecule has 0 saturated carbocycles. The zero-order valence-electron chi connectivity index (χ0n) is 22.2. The molecule has 1 fully saturated rings. The quantitative estimate of drug-likeness (QED) is 0.258. The Bertz CT molecular complexity index is 1250. The second-order valence-corrected chi connectivity index (χ2v) is 10.0. The van der Waals surface area contributed by atoms with Crippen molar-refractivity contribution in [2.45, 2.75) is 60.0 Å². The lowest BCUT2D eigenvalue weighted by Gasteiger charge is -2.32. The lowest BCUT2D eigenvalue weighted by Crippen LogP contribution is -2.44. The number of rotatable bonds is 9. The van der Waals surface area contributed by atoms with E-state index in [9.17, 15) is 0 Å². The van der Waals surface area contributed by atoms with Crippen LogP contribution in [0.2, 0.25) is 0 Å². The minimum Gasteiger partial charge on any atom is -0.500 e. The first kappa shape index (κ1) is 26.5. The van der Waals surface area contributed by atoms with Crippen LogP contribution in [0.15, 0.2) is 45.2 Å². The number of aromatic nitrogens is 3. The smallest absolute Gasteiger partial charge is 0.141 e. The van der Waals surface area contributed by atoms with Crippen molar-refractivity contribution >= 4 is 22.6 Å². The Labute approximate surface area is 218 Å². The first-order valence-electron chi connectivity index (χ1n) is 12.6. The zero-order chi connectivity index (χ0) is 25.8. The summed E-state index contributed by atoms with van der Waals surface area (Å²) in [7, 11) is 1.63. The number of hydrogen-bond acceptors (Lipinski definition) is 6. The van der Waals surface area contributed by atoms with Crippen molar-refractivity contribution in [3.63, 3.8) is 0 Å². The number of allylic oxidation sites excluding steroid dienone is 4. The molecule has 0 bridgehead atoms. The highest BCUT2D eigenvalue weighted by Gasteiger charge is 2.21. The van der Waals surface area contributed by atoms with E-state index in [0.717, 1.165) is 90.9 Å². The van der Waals surface area contributed by atoms with Crippen molar-refractivity contribution < 1.29 is 14.0 Å². The van der Waals surface area contributed by atoms with Crippen molar-refractivity contribution in [3.8, 4) is 11.1 Å². The van der Waals surface area contributed by atoms with Crippen LogP contribution in [0.4, 0.5) is 0 Å². The zero-order valence-corrected chi connectivity index (χ0v) is 23.0. The maximum Gasteiger partial charge on any atom is 0.141 e. The summed E-state index contributed by atoms with van der Waals surface area (Å²) in [5.74, 6) is 2.62. The van der Waals surface area contributed by atoms with Gasteiger partial charge in [-0.3, -0.25) is 4.90 Å². The van der Waals surface area contributed by atoms with Crippen molar-refractivity contribution in [1.82, 2.24) is 19.6 Å². The largest absolute Gasteiger partial charge is 0.500 e. The maximum atomic E-state index is 6.38. The molecule has 0 amide bonds. The van der Waals surface area contributed by atoms with Gasteiger partial charge in [0.25, 0.3) is 0 Å². The average Bonchev–Trinajstić information content (AvgIpc) is 3.40. The summed E-state index contributed by atoms with van der Waals surface area (Å²) in [6.45, 7) is 14.6. The number of methoxy groups -OCH3 is 1. The van der Waals surface area contributed by atoms with Crippen molar-refractivity contribution in [2.75, 3.05) is 33.4 Å². The van der Waals surface area contributed by atoms with E-state index < -0.39 is 0 Å². The van der Waals surface area contributed by atoms with Crippen LogP contribution in [0.3, 0.4) is 0 Å². The molecule has 0 aliphatic carbocycles. The van der Waals surface area contributed by atoms with Gasteiger partial charge in [0.15, 0.2) is 0 Å². The van der Waals surface area contributed by atoms with Gasteiger partial charge in [-0.25, -0.2) is 4.98 Å². The minimum atomic E-state index is 0.380. The SMILES string of the molecule is CO/C(C)=C(Cl)/C=C(\C)CCc1nc2cc(-c3c(C)noc3C)ccc2n1C[C@H](C)N1CCOCC1. The van der Waals surface area contributed by atoms with Crippen LogP contribution in [0, 0.1) is 13.8 Å². The van der Waals surface area contributed by atoms with Crippen molar-refractivity contribution in [3.05, 3.63) is 57.9 Å². The van der Waals surface area contributed by atoms with Crippen LogP contribution in [0.1, 0.15) is 44.5 Å². The van der Waals surface area contributed by atoms with E-state index in [4.69, 9.17) is 30.6 Å². The van der Waals surface area contributed by atoms with E-state index in [2.05, 4.69) is 46.7 Å². The molecule has 3 heterocycles. The first-order chi connectivity index (χ1) is 17.3. The Kier molecular flexibility index (Phi) is 8.54. The summed E-state index contributed by atoms with van der Waals surface area (Å²) in [6, 6.07) is 6.87. The molecule has 0 radical (unpaired) electrons. The highest BCUT2D eigenvalue weighted by Crippen LogP contribution is 2.30. The number of benzene rings is 1. The maximum absolute atomic E-state index is 6.38. The fourth-order valence-electron chi connectivity index (χ4n) is 4.82. The molecule has 3 aromatic rings. The number of halogens is 1. The number of hydrogen-bond donors (Lipinski definition) is 0. The van der Waals surface area contributed by atoms with Crippen LogP contribution in [-0.2, 0) is 22.4 Å². The number of aryl methyl sites for hydroxylation is 3. The van der Waals surface area contributed by atoms with E-state index in [-0.39, 0.29) is 0 Å². The molecule has 0 N–H and O–H groups in total. The van der Waals surface area contributed by atoms with Gasteiger partial charge in [0.2, 0.25) is 0 Å². The van der Waals surface area contributed by atoms with Gasteiger partial charge in [-0.15, -0.1) is 0 Å². The second-order valence-electron chi connectivity index (χ2n) is 9.64. The molecule has 2 aromatic heterocycles. The predicted molar refractivity (Wildman–Crippen MR) is 144 cm³/mol. The third-order valence-electron chi connectivity index (χ3n) is 7.02. The van der Waals surface area contributed by atoms with Gasteiger partial charge in [-0.05, 0) is 64.8 Å². The number of ether oxygens (including phenoxy) is 2. The molecular formula is C28H37ClN4O3. The Balaban J connectivity index is 1.66. The van der Waals surface area contributed by atoms with E-state index >= 15 is 0 Å². The van der Waals surface area contributed by atoms with E-state index in [1.165, 1.54) is 5.57 Å². The van der Waals surface area contributed by atoms with E-state index in [1.54, 1.807) is 7.11 Å². The fourth-order valence-corrected chi connectivity index (χ4v) is 5.08. The molecule has 1 aromatic carbocycles. The van der Waals surface area contributed by atoms with Gasteiger partial charge in [-0.1, -0.05) is 28.4 Å². The monoisotopic (exact) mass is 512 g/mol. The van der Waals surface area contributed by atoms with Gasteiger partial charge >= 0.3 is 0 Å².